The number of H-pyrrole nitrogens is 1. The third kappa shape index (κ3) is 2.76. The largest absolute Gasteiger partial charge is 0.478 e. The fourth-order valence-electron chi connectivity index (χ4n) is 4.11. The summed E-state index contributed by atoms with van der Waals surface area (Å²) in [7, 11) is 0. The SMILES string of the molecule is Cc1c(C(=O)O)cc(-c2nc3c([nH]2)CCNCC3)c(C2CCC2)c1C. The summed E-state index contributed by atoms with van der Waals surface area (Å²) >= 11 is 0. The van der Waals surface area contributed by atoms with Crippen molar-refractivity contribution in [1.82, 2.24) is 15.3 Å². The van der Waals surface area contributed by atoms with Gasteiger partial charge in [-0.05, 0) is 55.4 Å². The number of hydrogen-bond donors (Lipinski definition) is 3. The van der Waals surface area contributed by atoms with Crippen LogP contribution in [0.3, 0.4) is 0 Å². The third-order valence-corrected chi connectivity index (χ3v) is 5.90. The molecule has 1 aliphatic heterocycles. The lowest BCUT2D eigenvalue weighted by molar-refractivity contribution is 0.0696. The molecule has 4 rings (SSSR count). The van der Waals surface area contributed by atoms with E-state index in [0.29, 0.717) is 11.5 Å². The van der Waals surface area contributed by atoms with Crippen LogP contribution >= 0.6 is 0 Å². The first kappa shape index (κ1) is 16.3. The van der Waals surface area contributed by atoms with Crippen LogP contribution in [0, 0.1) is 13.8 Å². The van der Waals surface area contributed by atoms with E-state index in [0.717, 1.165) is 54.1 Å². The maximum absolute atomic E-state index is 11.7. The lowest BCUT2D eigenvalue weighted by Crippen LogP contribution is -2.17. The minimum atomic E-state index is -0.862. The van der Waals surface area contributed by atoms with Gasteiger partial charge in [0.2, 0.25) is 0 Å². The Balaban J connectivity index is 1.89. The molecule has 0 unspecified atom stereocenters. The van der Waals surface area contributed by atoms with Gasteiger partial charge in [-0.2, -0.15) is 0 Å². The highest BCUT2D eigenvalue weighted by atomic mass is 16.4. The zero-order chi connectivity index (χ0) is 17.6. The van der Waals surface area contributed by atoms with Gasteiger partial charge in [0.15, 0.2) is 0 Å². The summed E-state index contributed by atoms with van der Waals surface area (Å²) in [5.74, 6) is 0.516. The molecule has 2 aromatic rings. The number of aromatic amines is 1. The molecule has 0 spiro atoms. The number of imidazole rings is 1. The zero-order valence-corrected chi connectivity index (χ0v) is 14.9. The molecule has 25 heavy (non-hydrogen) atoms. The number of carbonyl (C=O) groups is 1. The van der Waals surface area contributed by atoms with E-state index in [1.54, 1.807) is 0 Å². The summed E-state index contributed by atoms with van der Waals surface area (Å²) in [5, 5.41) is 13.0. The second kappa shape index (κ2) is 6.30. The molecular formula is C20H25N3O2. The topological polar surface area (TPSA) is 78.0 Å². The minimum absolute atomic E-state index is 0.392. The number of aromatic carboxylic acids is 1. The fourth-order valence-corrected chi connectivity index (χ4v) is 4.11. The number of rotatable bonds is 3. The summed E-state index contributed by atoms with van der Waals surface area (Å²) in [4.78, 5) is 20.1. The number of aromatic nitrogens is 2. The molecule has 2 heterocycles. The number of nitrogens with one attached hydrogen (secondary N) is 2. The summed E-state index contributed by atoms with van der Waals surface area (Å²) < 4.78 is 0. The van der Waals surface area contributed by atoms with E-state index in [1.165, 1.54) is 30.5 Å². The normalized spacial score (nSPS) is 17.7. The van der Waals surface area contributed by atoms with Gasteiger partial charge in [0.25, 0.3) is 0 Å². The number of hydrogen-bond acceptors (Lipinski definition) is 3. The molecule has 1 saturated carbocycles. The van der Waals surface area contributed by atoms with Crippen LogP contribution in [-0.2, 0) is 12.8 Å². The Labute approximate surface area is 147 Å². The minimum Gasteiger partial charge on any atom is -0.478 e. The smallest absolute Gasteiger partial charge is 0.335 e. The van der Waals surface area contributed by atoms with Crippen molar-refractivity contribution in [2.45, 2.75) is 51.9 Å². The quantitative estimate of drug-likeness (QED) is 0.801. The van der Waals surface area contributed by atoms with Gasteiger partial charge in [-0.25, -0.2) is 9.78 Å². The van der Waals surface area contributed by atoms with E-state index >= 15 is 0 Å². The highest BCUT2D eigenvalue weighted by Crippen LogP contribution is 2.44. The van der Waals surface area contributed by atoms with Crippen molar-refractivity contribution in [1.29, 1.82) is 0 Å². The van der Waals surface area contributed by atoms with Gasteiger partial charge in [0, 0.05) is 37.2 Å². The van der Waals surface area contributed by atoms with Crippen molar-refractivity contribution >= 4 is 5.97 Å². The Morgan fingerprint density at radius 1 is 1.20 bits per heavy atom. The molecule has 1 aromatic heterocycles. The average Bonchev–Trinajstić information content (AvgIpc) is 2.80. The van der Waals surface area contributed by atoms with Crippen molar-refractivity contribution < 1.29 is 9.90 Å². The maximum atomic E-state index is 11.7. The van der Waals surface area contributed by atoms with E-state index in [1.807, 2.05) is 13.0 Å². The third-order valence-electron chi connectivity index (χ3n) is 5.90. The van der Waals surface area contributed by atoms with Crippen molar-refractivity contribution in [2.24, 2.45) is 0 Å². The average molecular weight is 339 g/mol. The molecule has 0 atom stereocenters. The molecular weight excluding hydrogens is 314 g/mol. The van der Waals surface area contributed by atoms with Gasteiger partial charge in [-0.3, -0.25) is 0 Å². The number of fused-ring (bicyclic) bond motifs is 1. The molecule has 0 amide bonds. The second-order valence-electron chi connectivity index (χ2n) is 7.33. The molecule has 1 aromatic carbocycles. The van der Waals surface area contributed by atoms with E-state index in [-0.39, 0.29) is 0 Å². The monoisotopic (exact) mass is 339 g/mol. The van der Waals surface area contributed by atoms with Crippen LogP contribution in [0.25, 0.3) is 11.4 Å². The van der Waals surface area contributed by atoms with Crippen molar-refractivity contribution in [2.75, 3.05) is 13.1 Å². The van der Waals surface area contributed by atoms with Gasteiger partial charge in [-0.15, -0.1) is 0 Å². The van der Waals surface area contributed by atoms with E-state index < -0.39 is 5.97 Å². The summed E-state index contributed by atoms with van der Waals surface area (Å²) in [6.07, 6.45) is 5.48. The molecule has 5 heteroatoms. The number of carboxylic acids is 1. The van der Waals surface area contributed by atoms with Crippen LogP contribution < -0.4 is 5.32 Å². The Morgan fingerprint density at radius 3 is 2.64 bits per heavy atom. The van der Waals surface area contributed by atoms with Crippen LogP contribution in [0.5, 0.6) is 0 Å². The van der Waals surface area contributed by atoms with Crippen molar-refractivity contribution in [3.8, 4) is 11.4 Å². The lowest BCUT2D eigenvalue weighted by Gasteiger charge is -2.30. The maximum Gasteiger partial charge on any atom is 0.335 e. The Kier molecular flexibility index (Phi) is 4.12. The van der Waals surface area contributed by atoms with E-state index in [2.05, 4.69) is 17.2 Å². The molecule has 2 aliphatic rings. The van der Waals surface area contributed by atoms with Crippen LogP contribution in [-0.4, -0.2) is 34.1 Å². The van der Waals surface area contributed by atoms with Gasteiger partial charge in [-0.1, -0.05) is 6.42 Å². The summed E-state index contributed by atoms with van der Waals surface area (Å²) in [6, 6.07) is 1.84. The number of carboxylic acid groups (broad SMARTS) is 1. The standard InChI is InChI=1S/C20H25N3O2/c1-11-12(2)18(13-4-3-5-13)15(10-14(11)20(24)25)19-22-16-6-8-21-9-7-17(16)23-19/h10,13,21H,3-9H2,1-2H3,(H,22,23)(H,24,25). The first-order valence-corrected chi connectivity index (χ1v) is 9.22. The predicted octanol–water partition coefficient (Wildman–Crippen LogP) is 3.35. The van der Waals surface area contributed by atoms with Gasteiger partial charge in [0.1, 0.15) is 5.82 Å². The first-order valence-electron chi connectivity index (χ1n) is 9.22. The molecule has 0 radical (unpaired) electrons. The second-order valence-corrected chi connectivity index (χ2v) is 7.33. The van der Waals surface area contributed by atoms with E-state index in [4.69, 9.17) is 4.98 Å². The molecule has 1 aliphatic carbocycles. The molecule has 0 saturated heterocycles. The molecule has 132 valence electrons. The highest BCUT2D eigenvalue weighted by molar-refractivity contribution is 5.92. The van der Waals surface area contributed by atoms with Crippen LogP contribution in [0.1, 0.15) is 63.6 Å². The molecule has 3 N–H and O–H groups in total. The summed E-state index contributed by atoms with van der Waals surface area (Å²) in [6.45, 7) is 5.89. The molecule has 5 nitrogen and oxygen atoms in total. The number of nitrogens with zero attached hydrogens (tertiary/aromatic N) is 1. The van der Waals surface area contributed by atoms with Crippen LogP contribution in [0.2, 0.25) is 0 Å². The van der Waals surface area contributed by atoms with Gasteiger partial charge >= 0.3 is 5.97 Å². The molecule has 1 fully saturated rings. The first-order chi connectivity index (χ1) is 12.1. The Hall–Kier alpha value is -2.14. The van der Waals surface area contributed by atoms with Crippen LogP contribution in [0.15, 0.2) is 6.07 Å². The van der Waals surface area contributed by atoms with Crippen LogP contribution in [0.4, 0.5) is 0 Å². The van der Waals surface area contributed by atoms with E-state index in [9.17, 15) is 9.90 Å². The Bertz CT molecular complexity index is 810. The zero-order valence-electron chi connectivity index (χ0n) is 14.9. The van der Waals surface area contributed by atoms with Gasteiger partial charge in [0.05, 0.1) is 11.3 Å². The lowest BCUT2D eigenvalue weighted by atomic mass is 9.74. The predicted molar refractivity (Wildman–Crippen MR) is 97.3 cm³/mol. The van der Waals surface area contributed by atoms with Crippen molar-refractivity contribution in [3.63, 3.8) is 0 Å². The molecule has 0 bridgehead atoms. The fraction of sp³-hybridized carbons (Fsp3) is 0.500. The Morgan fingerprint density at radius 2 is 1.96 bits per heavy atom. The number of benzene rings is 1. The highest BCUT2D eigenvalue weighted by Gasteiger charge is 2.28. The van der Waals surface area contributed by atoms with Gasteiger partial charge < -0.3 is 15.4 Å². The summed E-state index contributed by atoms with van der Waals surface area (Å²) in [5.41, 5.74) is 7.00. The van der Waals surface area contributed by atoms with Crippen molar-refractivity contribution in [3.05, 3.63) is 39.7 Å².